The normalized spacial score (nSPS) is 20.2. The molecule has 1 atom stereocenters. The van der Waals surface area contributed by atoms with E-state index < -0.39 is 0 Å². The van der Waals surface area contributed by atoms with Gasteiger partial charge in [-0.2, -0.15) is 5.10 Å². The summed E-state index contributed by atoms with van der Waals surface area (Å²) in [5, 5.41) is 13.5. The summed E-state index contributed by atoms with van der Waals surface area (Å²) in [6.45, 7) is 5.74. The van der Waals surface area contributed by atoms with Gasteiger partial charge in [0, 0.05) is 32.4 Å². The summed E-state index contributed by atoms with van der Waals surface area (Å²) in [6, 6.07) is 1.84. The van der Waals surface area contributed by atoms with Gasteiger partial charge < -0.3 is 16.0 Å². The minimum Gasteiger partial charge on any atom is -0.353 e. The molecule has 17 heavy (non-hydrogen) atoms. The third-order valence-electron chi connectivity index (χ3n) is 2.77. The molecule has 0 radical (unpaired) electrons. The van der Waals surface area contributed by atoms with Gasteiger partial charge in [0.1, 0.15) is 0 Å². The predicted octanol–water partition coefficient (Wildman–Crippen LogP) is -1.13. The number of carbonyl (C=O) groups is 1. The number of hydrogen-bond acceptors (Lipinski definition) is 4. The second kappa shape index (κ2) is 5.79. The lowest BCUT2D eigenvalue weighted by Gasteiger charge is -2.23. The van der Waals surface area contributed by atoms with Crippen LogP contribution < -0.4 is 16.0 Å². The molecule has 1 aromatic rings. The summed E-state index contributed by atoms with van der Waals surface area (Å²) in [6.07, 6.45) is 1.92. The summed E-state index contributed by atoms with van der Waals surface area (Å²) in [5.74, 6) is 0.0566. The molecule has 1 aliphatic heterocycles. The van der Waals surface area contributed by atoms with E-state index in [0.29, 0.717) is 19.6 Å². The fourth-order valence-electron chi connectivity index (χ4n) is 1.84. The molecule has 0 aromatic carbocycles. The van der Waals surface area contributed by atoms with E-state index in [4.69, 9.17) is 0 Å². The molecule has 2 heterocycles. The second-order valence-corrected chi connectivity index (χ2v) is 4.22. The molecule has 0 bridgehead atoms. The van der Waals surface area contributed by atoms with Crippen molar-refractivity contribution in [2.75, 3.05) is 26.2 Å². The smallest absolute Gasteiger partial charge is 0.238 e. The first-order chi connectivity index (χ1) is 8.25. The van der Waals surface area contributed by atoms with Crippen LogP contribution in [0.2, 0.25) is 0 Å². The summed E-state index contributed by atoms with van der Waals surface area (Å²) >= 11 is 0. The number of amides is 1. The Balaban J connectivity index is 1.69. The van der Waals surface area contributed by atoms with E-state index in [1.54, 1.807) is 0 Å². The van der Waals surface area contributed by atoms with E-state index in [-0.39, 0.29) is 11.9 Å². The third kappa shape index (κ3) is 3.54. The molecular weight excluding hydrogens is 218 g/mol. The molecule has 1 saturated heterocycles. The van der Waals surface area contributed by atoms with Crippen molar-refractivity contribution in [1.82, 2.24) is 25.7 Å². The zero-order valence-electron chi connectivity index (χ0n) is 10.1. The van der Waals surface area contributed by atoms with Gasteiger partial charge in [-0.1, -0.05) is 0 Å². The first-order valence-electron chi connectivity index (χ1n) is 5.97. The predicted molar refractivity (Wildman–Crippen MR) is 64.6 cm³/mol. The van der Waals surface area contributed by atoms with E-state index in [1.807, 2.05) is 23.9 Å². The van der Waals surface area contributed by atoms with Crippen LogP contribution in [0.4, 0.5) is 0 Å². The molecule has 1 aromatic heterocycles. The number of rotatable bonds is 4. The van der Waals surface area contributed by atoms with Gasteiger partial charge in [0.05, 0.1) is 18.3 Å². The molecule has 6 nitrogen and oxygen atoms in total. The van der Waals surface area contributed by atoms with Crippen molar-refractivity contribution in [3.05, 3.63) is 18.0 Å². The quantitative estimate of drug-likeness (QED) is 0.620. The topological polar surface area (TPSA) is 71.0 Å². The van der Waals surface area contributed by atoms with E-state index in [2.05, 4.69) is 21.0 Å². The highest BCUT2D eigenvalue weighted by Gasteiger charge is 2.19. The number of aromatic nitrogens is 2. The monoisotopic (exact) mass is 237 g/mol. The molecule has 1 amide bonds. The van der Waals surface area contributed by atoms with Crippen molar-refractivity contribution in [2.24, 2.45) is 0 Å². The molecule has 0 saturated carbocycles. The third-order valence-corrected chi connectivity index (χ3v) is 2.77. The minimum absolute atomic E-state index is 0.0566. The van der Waals surface area contributed by atoms with Crippen molar-refractivity contribution < 1.29 is 4.79 Å². The average molecular weight is 237 g/mol. The number of aryl methyl sites for hydroxylation is 1. The Morgan fingerprint density at radius 2 is 2.53 bits per heavy atom. The number of carbonyl (C=O) groups excluding carboxylic acids is 1. The molecular formula is C11H19N5O. The van der Waals surface area contributed by atoms with Gasteiger partial charge >= 0.3 is 0 Å². The maximum absolute atomic E-state index is 11.8. The number of piperazine rings is 1. The van der Waals surface area contributed by atoms with Crippen LogP contribution in [0.25, 0.3) is 0 Å². The highest BCUT2D eigenvalue weighted by molar-refractivity contribution is 5.82. The largest absolute Gasteiger partial charge is 0.353 e. The van der Waals surface area contributed by atoms with Crippen LogP contribution >= 0.6 is 0 Å². The molecule has 1 aliphatic rings. The zero-order valence-corrected chi connectivity index (χ0v) is 10.1. The standard InChI is InChI=1S/C11H19N5O/c1-9-2-6-16(15-9)7-5-14-11(17)10-8-12-3-4-13-10/h2,6,10,12-13H,3-5,7-8H2,1H3,(H,14,17). The van der Waals surface area contributed by atoms with Gasteiger partial charge in [0.15, 0.2) is 0 Å². The maximum Gasteiger partial charge on any atom is 0.238 e. The SMILES string of the molecule is Cc1ccn(CCNC(=O)C2CNCCN2)n1. The van der Waals surface area contributed by atoms with Crippen molar-refractivity contribution in [1.29, 1.82) is 0 Å². The Labute approximate surface area is 101 Å². The Morgan fingerprint density at radius 3 is 3.18 bits per heavy atom. The van der Waals surface area contributed by atoms with Crippen LogP contribution in [0.5, 0.6) is 0 Å². The summed E-state index contributed by atoms with van der Waals surface area (Å²) in [5.41, 5.74) is 0.995. The van der Waals surface area contributed by atoms with Crippen molar-refractivity contribution in [3.63, 3.8) is 0 Å². The second-order valence-electron chi connectivity index (χ2n) is 4.22. The van der Waals surface area contributed by atoms with Crippen molar-refractivity contribution in [3.8, 4) is 0 Å². The van der Waals surface area contributed by atoms with E-state index in [9.17, 15) is 4.79 Å². The van der Waals surface area contributed by atoms with Crippen LogP contribution in [-0.4, -0.2) is 47.9 Å². The van der Waals surface area contributed by atoms with Crippen LogP contribution in [-0.2, 0) is 11.3 Å². The van der Waals surface area contributed by atoms with Gasteiger partial charge in [-0.25, -0.2) is 0 Å². The van der Waals surface area contributed by atoms with Gasteiger partial charge in [-0.3, -0.25) is 9.48 Å². The number of nitrogens with zero attached hydrogens (tertiary/aromatic N) is 2. The molecule has 6 heteroatoms. The van der Waals surface area contributed by atoms with Crippen LogP contribution in [0.3, 0.4) is 0 Å². The Bertz CT molecular complexity index is 370. The van der Waals surface area contributed by atoms with Crippen molar-refractivity contribution >= 4 is 5.91 Å². The Kier molecular flexibility index (Phi) is 4.11. The van der Waals surface area contributed by atoms with E-state index in [0.717, 1.165) is 18.8 Å². The van der Waals surface area contributed by atoms with E-state index in [1.165, 1.54) is 0 Å². The lowest BCUT2D eigenvalue weighted by molar-refractivity contribution is -0.123. The van der Waals surface area contributed by atoms with Gasteiger partial charge in [0.2, 0.25) is 5.91 Å². The number of hydrogen-bond donors (Lipinski definition) is 3. The minimum atomic E-state index is -0.108. The lowest BCUT2D eigenvalue weighted by atomic mass is 10.2. The fraction of sp³-hybridized carbons (Fsp3) is 0.636. The zero-order chi connectivity index (χ0) is 12.1. The summed E-state index contributed by atoms with van der Waals surface area (Å²) in [4.78, 5) is 11.8. The summed E-state index contributed by atoms with van der Waals surface area (Å²) in [7, 11) is 0. The van der Waals surface area contributed by atoms with E-state index >= 15 is 0 Å². The first kappa shape index (κ1) is 12.1. The Morgan fingerprint density at radius 1 is 1.65 bits per heavy atom. The van der Waals surface area contributed by atoms with Gasteiger partial charge in [-0.15, -0.1) is 0 Å². The van der Waals surface area contributed by atoms with Crippen LogP contribution in [0, 0.1) is 6.92 Å². The molecule has 1 unspecified atom stereocenters. The molecule has 0 spiro atoms. The van der Waals surface area contributed by atoms with Crippen LogP contribution in [0.15, 0.2) is 12.3 Å². The average Bonchev–Trinajstić information content (AvgIpc) is 2.76. The Hall–Kier alpha value is -1.40. The maximum atomic E-state index is 11.8. The molecule has 1 fully saturated rings. The van der Waals surface area contributed by atoms with Crippen molar-refractivity contribution in [2.45, 2.75) is 19.5 Å². The molecule has 0 aliphatic carbocycles. The highest BCUT2D eigenvalue weighted by atomic mass is 16.2. The van der Waals surface area contributed by atoms with Crippen LogP contribution in [0.1, 0.15) is 5.69 Å². The fourth-order valence-corrected chi connectivity index (χ4v) is 1.84. The highest BCUT2D eigenvalue weighted by Crippen LogP contribution is 1.92. The molecule has 3 N–H and O–H groups in total. The number of nitrogens with one attached hydrogen (secondary N) is 3. The molecule has 94 valence electrons. The summed E-state index contributed by atoms with van der Waals surface area (Å²) < 4.78 is 1.84. The lowest BCUT2D eigenvalue weighted by Crippen LogP contribution is -2.55. The molecule has 2 rings (SSSR count). The van der Waals surface area contributed by atoms with Gasteiger partial charge in [-0.05, 0) is 13.0 Å². The van der Waals surface area contributed by atoms with Gasteiger partial charge in [0.25, 0.3) is 0 Å². The first-order valence-corrected chi connectivity index (χ1v) is 5.97.